The Labute approximate surface area is 132 Å². The van der Waals surface area contributed by atoms with Crippen molar-refractivity contribution in [2.75, 3.05) is 19.3 Å². The molecule has 0 aromatic heterocycles. The van der Waals surface area contributed by atoms with Crippen molar-refractivity contribution < 1.29 is 55.6 Å². The van der Waals surface area contributed by atoms with Gasteiger partial charge in [0, 0.05) is 13.1 Å². The maximum absolute atomic E-state index is 11.4. The van der Waals surface area contributed by atoms with E-state index < -0.39 is 9.92 Å². The van der Waals surface area contributed by atoms with Gasteiger partial charge in [-0.1, -0.05) is 36.6 Å². The molecule has 0 rings (SSSR count). The van der Waals surface area contributed by atoms with Crippen LogP contribution in [0.4, 0.5) is 0 Å². The van der Waals surface area contributed by atoms with Crippen molar-refractivity contribution in [3.63, 3.8) is 0 Å². The minimum absolute atomic E-state index is 0. The maximum atomic E-state index is 11.4. The third kappa shape index (κ3) is 8.82. The average Bonchev–Trinajstić information content (AvgIpc) is 2.02. The van der Waals surface area contributed by atoms with E-state index in [4.69, 9.17) is 0 Å². The van der Waals surface area contributed by atoms with Gasteiger partial charge in [0.05, 0.1) is 0 Å². The summed E-state index contributed by atoms with van der Waals surface area (Å²) in [6.45, 7) is 5.66. The van der Waals surface area contributed by atoms with Crippen LogP contribution in [0.5, 0.6) is 0 Å². The molecular weight excluding hydrogens is 223 g/mol. The van der Waals surface area contributed by atoms with E-state index in [-0.39, 0.29) is 51.4 Å². The Bertz CT molecular complexity index is 209. The molecule has 5 heteroatoms. The van der Waals surface area contributed by atoms with Crippen molar-refractivity contribution in [1.29, 1.82) is 0 Å². The summed E-state index contributed by atoms with van der Waals surface area (Å²) in [6.07, 6.45) is 5.53. The molecule has 80 valence electrons. The molecule has 0 aromatic rings. The Kier molecular flexibility index (Phi) is 12.5. The molecule has 0 heterocycles. The van der Waals surface area contributed by atoms with Crippen LogP contribution in [0, 0.1) is 0 Å². The molecule has 0 aliphatic rings. The summed E-state index contributed by atoms with van der Waals surface area (Å²) >= 11 is 0. The fourth-order valence-electron chi connectivity index (χ4n) is 1.12. The molecule has 1 unspecified atom stereocenters. The van der Waals surface area contributed by atoms with Crippen molar-refractivity contribution in [3.8, 4) is 0 Å². The molecule has 0 N–H and O–H groups in total. The molecule has 0 radical (unpaired) electrons. The maximum Gasteiger partial charge on any atom is 1.00 e. The molecule has 0 amide bonds. The van der Waals surface area contributed by atoms with Crippen molar-refractivity contribution in [1.82, 2.24) is 4.31 Å². The van der Waals surface area contributed by atoms with Crippen LogP contribution in [0.15, 0.2) is 0 Å². The summed E-state index contributed by atoms with van der Waals surface area (Å²) in [5.74, 6) is 0. The van der Waals surface area contributed by atoms with E-state index in [1.54, 1.807) is 4.31 Å². The van der Waals surface area contributed by atoms with Crippen molar-refractivity contribution in [2.24, 2.45) is 0 Å². The van der Waals surface area contributed by atoms with E-state index >= 15 is 0 Å². The molecule has 0 saturated carbocycles. The molecule has 0 spiro atoms. The molecule has 0 aliphatic heterocycles. The third-order valence-electron chi connectivity index (χ3n) is 2.00. The second-order valence-corrected chi connectivity index (χ2v) is 5.44. The quantitative estimate of drug-likeness (QED) is 0.556. The first-order valence-electron chi connectivity index (χ1n) is 4.99. The number of hydrogen-bond acceptors (Lipinski definition) is 1. The Hall–Kier alpha value is 1.55. The second kappa shape index (κ2) is 9.75. The van der Waals surface area contributed by atoms with Crippen LogP contribution < -0.4 is 51.4 Å². The smallest absolute Gasteiger partial charge is 0.738 e. The largest absolute Gasteiger partial charge is 1.00 e. The van der Waals surface area contributed by atoms with Gasteiger partial charge in [-0.15, -0.1) is 0 Å². The van der Waals surface area contributed by atoms with Gasteiger partial charge in [0.2, 0.25) is 0 Å². The first-order valence-corrected chi connectivity index (χ1v) is 6.87. The molecule has 0 aliphatic carbocycles. The minimum atomic E-state index is -2.73. The van der Waals surface area contributed by atoms with E-state index in [0.717, 1.165) is 38.8 Å². The van der Waals surface area contributed by atoms with Gasteiger partial charge in [-0.2, -0.15) is 0 Å². The van der Waals surface area contributed by atoms with Crippen molar-refractivity contribution in [2.45, 2.75) is 39.5 Å². The van der Waals surface area contributed by atoms with Gasteiger partial charge in [0.1, 0.15) is 0 Å². The van der Waals surface area contributed by atoms with E-state index in [0.29, 0.717) is 0 Å². The summed E-state index contributed by atoms with van der Waals surface area (Å²) < 4.78 is 22.5. The van der Waals surface area contributed by atoms with Gasteiger partial charge in [0.25, 0.3) is 0 Å². The summed E-state index contributed by atoms with van der Waals surface area (Å²) in [5, 5.41) is 0. The van der Waals surface area contributed by atoms with Crippen LogP contribution in [0.2, 0.25) is 0 Å². The minimum Gasteiger partial charge on any atom is -0.738 e. The van der Waals surface area contributed by atoms with Gasteiger partial charge >= 0.3 is 51.4 Å². The summed E-state index contributed by atoms with van der Waals surface area (Å²) in [5.41, 5.74) is 0. The zero-order valence-corrected chi connectivity index (χ0v) is 13.9. The summed E-state index contributed by atoms with van der Waals surface area (Å²) in [7, 11) is -2.73. The van der Waals surface area contributed by atoms with Crippen molar-refractivity contribution >= 4 is 9.92 Å². The van der Waals surface area contributed by atoms with Gasteiger partial charge in [-0.05, 0) is 19.1 Å². The fraction of sp³-hybridized carbons (Fsp3) is 1.00. The SMILES string of the molecule is CCCCN(CCCC)S(C)(=[N-])=O.[K+]. The molecule has 0 saturated heterocycles. The Morgan fingerprint density at radius 1 is 1.14 bits per heavy atom. The number of hydrogen-bond donors (Lipinski definition) is 0. The summed E-state index contributed by atoms with van der Waals surface area (Å²) in [6, 6.07) is 0. The molecule has 0 fully saturated rings. The van der Waals surface area contributed by atoms with E-state index in [2.05, 4.69) is 13.8 Å². The number of unbranched alkanes of at least 4 members (excludes halogenated alkanes) is 2. The first-order chi connectivity index (χ1) is 6.02. The predicted molar refractivity (Wildman–Crippen MR) is 58.8 cm³/mol. The van der Waals surface area contributed by atoms with Crippen LogP contribution in [-0.4, -0.2) is 27.9 Å². The van der Waals surface area contributed by atoms with Crippen LogP contribution in [0.25, 0.3) is 4.78 Å². The van der Waals surface area contributed by atoms with Crippen molar-refractivity contribution in [3.05, 3.63) is 4.78 Å². The Balaban J connectivity index is 0. The zero-order valence-electron chi connectivity index (χ0n) is 9.95. The Morgan fingerprint density at radius 3 is 1.71 bits per heavy atom. The molecule has 14 heavy (non-hydrogen) atoms. The Morgan fingerprint density at radius 2 is 1.50 bits per heavy atom. The van der Waals surface area contributed by atoms with Crippen LogP contribution in [0.1, 0.15) is 39.5 Å². The van der Waals surface area contributed by atoms with Gasteiger partial charge in [-0.3, -0.25) is 4.21 Å². The molecule has 0 aromatic carbocycles. The standard InChI is InChI=1S/C9H21N2OS.K/c1-4-6-8-11(9-7-5-2)13(3,10)12;/h4-9H2,1-3H3;/q-1;+1. The normalized spacial score (nSPS) is 14.9. The topological polar surface area (TPSA) is 42.6 Å². The molecule has 1 atom stereocenters. The van der Waals surface area contributed by atoms with Gasteiger partial charge in [-0.25, -0.2) is 4.31 Å². The predicted octanol–water partition coefficient (Wildman–Crippen LogP) is -0.525. The average molecular weight is 244 g/mol. The first kappa shape index (κ1) is 17.9. The van der Waals surface area contributed by atoms with Gasteiger partial charge < -0.3 is 4.78 Å². The second-order valence-electron chi connectivity index (χ2n) is 3.40. The number of nitrogens with zero attached hydrogens (tertiary/aromatic N) is 2. The molecular formula is C9H21KN2OS. The zero-order chi connectivity index (χ0) is 10.3. The monoisotopic (exact) mass is 244 g/mol. The number of rotatable bonds is 7. The fourth-order valence-corrected chi connectivity index (χ4v) is 2.06. The van der Waals surface area contributed by atoms with Gasteiger partial charge in [0.15, 0.2) is 0 Å². The van der Waals surface area contributed by atoms with E-state index in [9.17, 15) is 8.99 Å². The van der Waals surface area contributed by atoms with Crippen LogP contribution in [0.3, 0.4) is 0 Å². The third-order valence-corrected chi connectivity index (χ3v) is 3.32. The van der Waals surface area contributed by atoms with Crippen LogP contribution >= 0.6 is 0 Å². The summed E-state index contributed by atoms with van der Waals surface area (Å²) in [4.78, 5) is 0. The van der Waals surface area contributed by atoms with Crippen LogP contribution in [-0.2, 0) is 9.92 Å². The van der Waals surface area contributed by atoms with E-state index in [1.807, 2.05) is 0 Å². The molecule has 0 bridgehead atoms. The van der Waals surface area contributed by atoms with E-state index in [1.165, 1.54) is 6.26 Å². The molecule has 3 nitrogen and oxygen atoms in total.